The van der Waals surface area contributed by atoms with E-state index in [1.807, 2.05) is 19.3 Å². The van der Waals surface area contributed by atoms with Gasteiger partial charge in [-0.05, 0) is 49.8 Å². The van der Waals surface area contributed by atoms with Gasteiger partial charge in [0.1, 0.15) is 5.82 Å². The van der Waals surface area contributed by atoms with Gasteiger partial charge in [0.25, 0.3) is 0 Å². The van der Waals surface area contributed by atoms with E-state index in [9.17, 15) is 0 Å². The summed E-state index contributed by atoms with van der Waals surface area (Å²) in [5.74, 6) is 1.01. The van der Waals surface area contributed by atoms with Crippen LogP contribution in [-0.4, -0.2) is 24.1 Å². The van der Waals surface area contributed by atoms with E-state index < -0.39 is 0 Å². The molecule has 1 aromatic rings. The van der Waals surface area contributed by atoms with Crippen LogP contribution in [-0.2, 0) is 6.54 Å². The molecule has 4 heteroatoms. The third kappa shape index (κ3) is 3.82. The molecular formula is C14H22BrN3. The van der Waals surface area contributed by atoms with E-state index in [1.165, 1.54) is 5.56 Å². The lowest BCUT2D eigenvalue weighted by atomic mass is 10.0. The number of pyridine rings is 1. The highest BCUT2D eigenvalue weighted by atomic mass is 79.9. The van der Waals surface area contributed by atoms with Crippen molar-refractivity contribution in [3.05, 3.63) is 35.0 Å². The molecule has 0 aliphatic carbocycles. The first-order chi connectivity index (χ1) is 8.40. The molecule has 0 amide bonds. The lowest BCUT2D eigenvalue weighted by molar-refractivity contribution is 0.515. The second-order valence-corrected chi connectivity index (χ2v) is 6.15. The molecule has 0 aliphatic rings. The third-order valence-electron chi connectivity index (χ3n) is 2.65. The van der Waals surface area contributed by atoms with E-state index in [-0.39, 0.29) is 5.54 Å². The van der Waals surface area contributed by atoms with Crippen LogP contribution in [0.4, 0.5) is 5.82 Å². The minimum atomic E-state index is 0.0114. The highest BCUT2D eigenvalue weighted by molar-refractivity contribution is 9.10. The first-order valence-electron chi connectivity index (χ1n) is 6.07. The van der Waals surface area contributed by atoms with Gasteiger partial charge in [0.15, 0.2) is 0 Å². The number of hydrogen-bond acceptors (Lipinski definition) is 3. The number of rotatable bonds is 5. The molecule has 0 bridgehead atoms. The monoisotopic (exact) mass is 311 g/mol. The van der Waals surface area contributed by atoms with Crippen LogP contribution in [0.3, 0.4) is 0 Å². The largest absolute Gasteiger partial charge is 0.348 e. The number of nitrogens with one attached hydrogen (secondary N) is 1. The number of hydrogen-bond donors (Lipinski definition) is 1. The Hall–Kier alpha value is -0.870. The van der Waals surface area contributed by atoms with Crippen LogP contribution in [0, 0.1) is 0 Å². The predicted octanol–water partition coefficient (Wildman–Crippen LogP) is 3.35. The van der Waals surface area contributed by atoms with E-state index in [1.54, 1.807) is 0 Å². The SMILES string of the molecule is C=CCN(c1ncc(Br)cc1CNC)C(C)(C)C. The van der Waals surface area contributed by atoms with Crippen molar-refractivity contribution in [1.29, 1.82) is 0 Å². The van der Waals surface area contributed by atoms with Crippen molar-refractivity contribution >= 4 is 21.7 Å². The fourth-order valence-electron chi connectivity index (χ4n) is 1.84. The topological polar surface area (TPSA) is 28.2 Å². The van der Waals surface area contributed by atoms with Gasteiger partial charge in [0.05, 0.1) is 0 Å². The van der Waals surface area contributed by atoms with E-state index >= 15 is 0 Å². The molecule has 1 heterocycles. The molecule has 0 spiro atoms. The van der Waals surface area contributed by atoms with Crippen LogP contribution >= 0.6 is 15.9 Å². The summed E-state index contributed by atoms with van der Waals surface area (Å²) in [5, 5.41) is 3.19. The maximum absolute atomic E-state index is 4.57. The first kappa shape index (κ1) is 15.2. The van der Waals surface area contributed by atoms with Crippen LogP contribution in [0.25, 0.3) is 0 Å². The summed E-state index contributed by atoms with van der Waals surface area (Å²) in [6.07, 6.45) is 3.76. The van der Waals surface area contributed by atoms with Crippen molar-refractivity contribution < 1.29 is 0 Å². The Labute approximate surface area is 118 Å². The number of anilines is 1. The average Bonchev–Trinajstić information content (AvgIpc) is 2.26. The second kappa shape index (κ2) is 6.34. The Kier molecular flexibility index (Phi) is 5.35. The Balaban J connectivity index is 3.22. The molecule has 0 saturated carbocycles. The number of nitrogens with zero attached hydrogens (tertiary/aromatic N) is 2. The molecule has 0 aromatic carbocycles. The van der Waals surface area contributed by atoms with Crippen molar-refractivity contribution in [2.45, 2.75) is 32.9 Å². The van der Waals surface area contributed by atoms with Crippen molar-refractivity contribution in [2.24, 2.45) is 0 Å². The molecule has 0 fully saturated rings. The second-order valence-electron chi connectivity index (χ2n) is 5.24. The zero-order valence-corrected chi connectivity index (χ0v) is 13.2. The van der Waals surface area contributed by atoms with Crippen molar-refractivity contribution in [1.82, 2.24) is 10.3 Å². The Morgan fingerprint density at radius 1 is 1.50 bits per heavy atom. The summed E-state index contributed by atoms with van der Waals surface area (Å²) in [6, 6.07) is 2.11. The minimum Gasteiger partial charge on any atom is -0.348 e. The van der Waals surface area contributed by atoms with E-state index in [0.717, 1.165) is 23.4 Å². The molecule has 0 unspecified atom stereocenters. The Bertz CT molecular complexity index is 410. The first-order valence-corrected chi connectivity index (χ1v) is 6.87. The lowest BCUT2D eigenvalue weighted by Gasteiger charge is -2.37. The summed E-state index contributed by atoms with van der Waals surface area (Å²) >= 11 is 3.48. The van der Waals surface area contributed by atoms with Gasteiger partial charge in [-0.15, -0.1) is 6.58 Å². The molecular weight excluding hydrogens is 290 g/mol. The zero-order chi connectivity index (χ0) is 13.8. The van der Waals surface area contributed by atoms with Gasteiger partial charge in [0.2, 0.25) is 0 Å². The number of aromatic nitrogens is 1. The van der Waals surface area contributed by atoms with Gasteiger partial charge < -0.3 is 10.2 Å². The molecule has 1 aromatic heterocycles. The van der Waals surface area contributed by atoms with E-state index in [4.69, 9.17) is 0 Å². The van der Waals surface area contributed by atoms with Gasteiger partial charge in [-0.1, -0.05) is 6.08 Å². The van der Waals surface area contributed by atoms with Crippen LogP contribution in [0.1, 0.15) is 26.3 Å². The minimum absolute atomic E-state index is 0.0114. The fourth-order valence-corrected chi connectivity index (χ4v) is 2.22. The number of halogens is 1. The third-order valence-corrected chi connectivity index (χ3v) is 3.09. The molecule has 18 heavy (non-hydrogen) atoms. The Morgan fingerprint density at radius 2 is 2.17 bits per heavy atom. The fraction of sp³-hybridized carbons (Fsp3) is 0.500. The summed E-state index contributed by atoms with van der Waals surface area (Å²) < 4.78 is 1.00. The molecule has 0 radical (unpaired) electrons. The molecule has 1 N–H and O–H groups in total. The zero-order valence-electron chi connectivity index (χ0n) is 11.6. The summed E-state index contributed by atoms with van der Waals surface area (Å²) in [6.45, 7) is 12.0. The van der Waals surface area contributed by atoms with Crippen LogP contribution in [0.15, 0.2) is 29.4 Å². The summed E-state index contributed by atoms with van der Waals surface area (Å²) in [5.41, 5.74) is 1.20. The van der Waals surface area contributed by atoms with Gasteiger partial charge >= 0.3 is 0 Å². The normalized spacial score (nSPS) is 11.4. The van der Waals surface area contributed by atoms with Crippen LogP contribution in [0.2, 0.25) is 0 Å². The highest BCUT2D eigenvalue weighted by Gasteiger charge is 2.23. The maximum atomic E-state index is 4.57. The lowest BCUT2D eigenvalue weighted by Crippen LogP contribution is -2.42. The molecule has 0 aliphatic heterocycles. The van der Waals surface area contributed by atoms with Crippen molar-refractivity contribution in [3.8, 4) is 0 Å². The summed E-state index contributed by atoms with van der Waals surface area (Å²) in [7, 11) is 1.94. The van der Waals surface area contributed by atoms with Gasteiger partial charge in [-0.3, -0.25) is 0 Å². The molecule has 0 saturated heterocycles. The average molecular weight is 312 g/mol. The highest BCUT2D eigenvalue weighted by Crippen LogP contribution is 2.27. The molecule has 1 rings (SSSR count). The van der Waals surface area contributed by atoms with Crippen molar-refractivity contribution in [3.63, 3.8) is 0 Å². The maximum Gasteiger partial charge on any atom is 0.133 e. The van der Waals surface area contributed by atoms with Gasteiger partial charge in [-0.2, -0.15) is 0 Å². The van der Waals surface area contributed by atoms with E-state index in [2.05, 4.69) is 64.5 Å². The van der Waals surface area contributed by atoms with Crippen LogP contribution in [0.5, 0.6) is 0 Å². The standard InChI is InChI=1S/C14H22BrN3/c1-6-7-18(14(2,3)4)13-11(9-16-5)8-12(15)10-17-13/h6,8,10,16H,1,7,9H2,2-5H3. The van der Waals surface area contributed by atoms with Gasteiger partial charge in [-0.25, -0.2) is 4.98 Å². The smallest absolute Gasteiger partial charge is 0.133 e. The Morgan fingerprint density at radius 3 is 2.67 bits per heavy atom. The summed E-state index contributed by atoms with van der Waals surface area (Å²) in [4.78, 5) is 6.84. The quantitative estimate of drug-likeness (QED) is 0.845. The molecule has 0 atom stereocenters. The predicted molar refractivity (Wildman–Crippen MR) is 82.0 cm³/mol. The van der Waals surface area contributed by atoms with E-state index in [0.29, 0.717) is 0 Å². The van der Waals surface area contributed by atoms with Crippen LogP contribution < -0.4 is 10.2 Å². The van der Waals surface area contributed by atoms with Crippen molar-refractivity contribution in [2.75, 3.05) is 18.5 Å². The molecule has 3 nitrogen and oxygen atoms in total. The van der Waals surface area contributed by atoms with Gasteiger partial charge in [0, 0.05) is 34.9 Å². The molecule has 100 valence electrons.